The van der Waals surface area contributed by atoms with Crippen molar-refractivity contribution in [3.63, 3.8) is 0 Å². The quantitative estimate of drug-likeness (QED) is 0.881. The molecular formula is C13H14N2O3. The summed E-state index contributed by atoms with van der Waals surface area (Å²) in [5.74, 6) is -0.117. The van der Waals surface area contributed by atoms with E-state index in [1.54, 1.807) is 12.1 Å². The number of carboxylic acids is 1. The van der Waals surface area contributed by atoms with E-state index in [-0.39, 0.29) is 11.0 Å². The van der Waals surface area contributed by atoms with Gasteiger partial charge in [0.1, 0.15) is 0 Å². The van der Waals surface area contributed by atoms with Crippen LogP contribution in [0.1, 0.15) is 37.0 Å². The van der Waals surface area contributed by atoms with Crippen LogP contribution in [0.5, 0.6) is 0 Å². The average Bonchev–Trinajstić information content (AvgIpc) is 2.78. The van der Waals surface area contributed by atoms with Gasteiger partial charge in [-0.15, -0.1) is 10.2 Å². The van der Waals surface area contributed by atoms with Crippen molar-refractivity contribution in [1.82, 2.24) is 10.2 Å². The highest BCUT2D eigenvalue weighted by Crippen LogP contribution is 2.25. The van der Waals surface area contributed by atoms with Crippen LogP contribution in [0.15, 0.2) is 28.7 Å². The van der Waals surface area contributed by atoms with E-state index < -0.39 is 5.97 Å². The van der Waals surface area contributed by atoms with Crippen LogP contribution in [-0.2, 0) is 5.41 Å². The lowest BCUT2D eigenvalue weighted by Crippen LogP contribution is -2.11. The Kier molecular flexibility index (Phi) is 2.90. The first kappa shape index (κ1) is 12.3. The molecule has 0 unspecified atom stereocenters. The van der Waals surface area contributed by atoms with Gasteiger partial charge in [-0.1, -0.05) is 26.8 Å². The third-order valence-electron chi connectivity index (χ3n) is 2.42. The number of nitrogens with zero attached hydrogens (tertiary/aromatic N) is 2. The molecule has 5 nitrogen and oxygen atoms in total. The standard InChI is InChI=1S/C13H14N2O3/c1-13(2,3)12-15-14-10(18-12)8-5-4-6-9(7-8)11(16)17/h4-7H,1-3H3,(H,16,17). The van der Waals surface area contributed by atoms with Gasteiger partial charge in [0.25, 0.3) is 0 Å². The van der Waals surface area contributed by atoms with Gasteiger partial charge in [-0.2, -0.15) is 0 Å². The van der Waals surface area contributed by atoms with Gasteiger partial charge in [0.15, 0.2) is 0 Å². The minimum absolute atomic E-state index is 0.197. The van der Waals surface area contributed by atoms with Gasteiger partial charge in [0, 0.05) is 11.0 Å². The monoisotopic (exact) mass is 246 g/mol. The second kappa shape index (κ2) is 4.25. The van der Waals surface area contributed by atoms with Crippen LogP contribution in [0.25, 0.3) is 11.5 Å². The number of aromatic carboxylic acids is 1. The van der Waals surface area contributed by atoms with E-state index in [2.05, 4.69) is 10.2 Å². The van der Waals surface area contributed by atoms with Crippen LogP contribution in [0.3, 0.4) is 0 Å². The van der Waals surface area contributed by atoms with Gasteiger partial charge in [0.2, 0.25) is 11.8 Å². The highest BCUT2D eigenvalue weighted by Gasteiger charge is 2.22. The summed E-state index contributed by atoms with van der Waals surface area (Å²) in [6, 6.07) is 6.43. The largest absolute Gasteiger partial charge is 0.478 e. The van der Waals surface area contributed by atoms with Crippen LogP contribution in [0, 0.1) is 0 Å². The molecule has 0 spiro atoms. The van der Waals surface area contributed by atoms with Crippen molar-refractivity contribution in [2.24, 2.45) is 0 Å². The highest BCUT2D eigenvalue weighted by molar-refractivity contribution is 5.88. The fourth-order valence-corrected chi connectivity index (χ4v) is 1.43. The summed E-state index contributed by atoms with van der Waals surface area (Å²) in [6.07, 6.45) is 0. The Morgan fingerprint density at radius 1 is 1.28 bits per heavy atom. The van der Waals surface area contributed by atoms with E-state index in [4.69, 9.17) is 9.52 Å². The van der Waals surface area contributed by atoms with Crippen molar-refractivity contribution in [2.45, 2.75) is 26.2 Å². The third kappa shape index (κ3) is 2.40. The molecule has 0 saturated heterocycles. The molecule has 0 fully saturated rings. The van der Waals surface area contributed by atoms with Crippen molar-refractivity contribution in [1.29, 1.82) is 0 Å². The van der Waals surface area contributed by atoms with E-state index in [9.17, 15) is 4.79 Å². The zero-order valence-electron chi connectivity index (χ0n) is 10.5. The molecule has 2 rings (SSSR count). The summed E-state index contributed by atoms with van der Waals surface area (Å²) in [4.78, 5) is 10.9. The van der Waals surface area contributed by atoms with Gasteiger partial charge in [-0.05, 0) is 18.2 Å². The number of aromatic nitrogens is 2. The molecule has 0 aliphatic carbocycles. The van der Waals surface area contributed by atoms with E-state index in [0.717, 1.165) is 0 Å². The van der Waals surface area contributed by atoms with Crippen molar-refractivity contribution < 1.29 is 14.3 Å². The van der Waals surface area contributed by atoms with Crippen molar-refractivity contribution in [3.8, 4) is 11.5 Å². The number of carboxylic acid groups (broad SMARTS) is 1. The number of carbonyl (C=O) groups is 1. The van der Waals surface area contributed by atoms with Crippen LogP contribution in [0.2, 0.25) is 0 Å². The van der Waals surface area contributed by atoms with E-state index in [1.807, 2.05) is 20.8 Å². The first-order valence-corrected chi connectivity index (χ1v) is 5.55. The Bertz CT molecular complexity index is 582. The molecule has 1 aromatic heterocycles. The fourth-order valence-electron chi connectivity index (χ4n) is 1.43. The lowest BCUT2D eigenvalue weighted by Gasteiger charge is -2.10. The minimum atomic E-state index is -0.979. The maximum atomic E-state index is 10.9. The van der Waals surface area contributed by atoms with Gasteiger partial charge in [0.05, 0.1) is 5.56 Å². The maximum Gasteiger partial charge on any atom is 0.335 e. The Morgan fingerprint density at radius 3 is 2.56 bits per heavy atom. The topological polar surface area (TPSA) is 76.2 Å². The molecule has 94 valence electrons. The molecule has 18 heavy (non-hydrogen) atoms. The number of rotatable bonds is 2. The lowest BCUT2D eigenvalue weighted by atomic mass is 9.97. The molecule has 0 aliphatic rings. The maximum absolute atomic E-state index is 10.9. The molecule has 2 aromatic rings. The van der Waals surface area contributed by atoms with Crippen LogP contribution in [-0.4, -0.2) is 21.3 Å². The molecule has 5 heteroatoms. The first-order chi connectivity index (χ1) is 8.38. The predicted octanol–water partition coefficient (Wildman–Crippen LogP) is 2.73. The Labute approximate surface area is 104 Å². The molecule has 0 saturated carbocycles. The van der Waals surface area contributed by atoms with Crippen molar-refractivity contribution in [3.05, 3.63) is 35.7 Å². The normalized spacial score (nSPS) is 11.5. The summed E-state index contributed by atoms with van der Waals surface area (Å²) >= 11 is 0. The lowest BCUT2D eigenvalue weighted by molar-refractivity contribution is 0.0697. The molecule has 1 heterocycles. The smallest absolute Gasteiger partial charge is 0.335 e. The molecule has 1 aromatic carbocycles. The zero-order valence-corrected chi connectivity index (χ0v) is 10.5. The second-order valence-corrected chi connectivity index (χ2v) is 5.05. The predicted molar refractivity (Wildman–Crippen MR) is 65.4 cm³/mol. The molecule has 0 atom stereocenters. The van der Waals surface area contributed by atoms with Crippen LogP contribution >= 0.6 is 0 Å². The van der Waals surface area contributed by atoms with E-state index >= 15 is 0 Å². The highest BCUT2D eigenvalue weighted by atomic mass is 16.4. The van der Waals surface area contributed by atoms with Gasteiger partial charge < -0.3 is 9.52 Å². The summed E-state index contributed by atoms with van der Waals surface area (Å²) in [7, 11) is 0. The molecule has 1 N–H and O–H groups in total. The van der Waals surface area contributed by atoms with Crippen molar-refractivity contribution in [2.75, 3.05) is 0 Å². The molecule has 0 radical (unpaired) electrons. The third-order valence-corrected chi connectivity index (χ3v) is 2.42. The van der Waals surface area contributed by atoms with E-state index in [0.29, 0.717) is 17.3 Å². The van der Waals surface area contributed by atoms with Gasteiger partial charge in [-0.25, -0.2) is 4.79 Å². The van der Waals surface area contributed by atoms with Crippen LogP contribution in [0.4, 0.5) is 0 Å². The van der Waals surface area contributed by atoms with Crippen molar-refractivity contribution >= 4 is 5.97 Å². The molecule has 0 aliphatic heterocycles. The Hall–Kier alpha value is -2.17. The number of hydrogen-bond acceptors (Lipinski definition) is 4. The SMILES string of the molecule is CC(C)(C)c1nnc(-c2cccc(C(=O)O)c2)o1. The molecular weight excluding hydrogens is 232 g/mol. The number of hydrogen-bond donors (Lipinski definition) is 1. The van der Waals surface area contributed by atoms with E-state index in [1.165, 1.54) is 12.1 Å². The summed E-state index contributed by atoms with van der Waals surface area (Å²) in [6.45, 7) is 5.91. The summed E-state index contributed by atoms with van der Waals surface area (Å²) < 4.78 is 5.55. The zero-order chi connectivity index (χ0) is 13.3. The summed E-state index contributed by atoms with van der Waals surface area (Å²) in [5, 5.41) is 16.8. The fraction of sp³-hybridized carbons (Fsp3) is 0.308. The number of benzene rings is 1. The first-order valence-electron chi connectivity index (χ1n) is 5.55. The Morgan fingerprint density at radius 2 is 2.00 bits per heavy atom. The molecule has 0 amide bonds. The van der Waals surface area contributed by atoms with Gasteiger partial charge in [-0.3, -0.25) is 0 Å². The Balaban J connectivity index is 2.40. The minimum Gasteiger partial charge on any atom is -0.478 e. The second-order valence-electron chi connectivity index (χ2n) is 5.05. The van der Waals surface area contributed by atoms with Crippen LogP contribution < -0.4 is 0 Å². The van der Waals surface area contributed by atoms with Gasteiger partial charge >= 0.3 is 5.97 Å². The molecule has 0 bridgehead atoms. The summed E-state index contributed by atoms with van der Waals surface area (Å²) in [5.41, 5.74) is 0.580. The average molecular weight is 246 g/mol.